The molecule has 0 spiro atoms. The van der Waals surface area contributed by atoms with Gasteiger partial charge in [-0.1, -0.05) is 73.6 Å². The fourth-order valence-corrected chi connectivity index (χ4v) is 3.70. The highest BCUT2D eigenvalue weighted by Crippen LogP contribution is 2.40. The fourth-order valence-electron chi connectivity index (χ4n) is 3.70. The van der Waals surface area contributed by atoms with Gasteiger partial charge in [0, 0.05) is 11.6 Å². The minimum Gasteiger partial charge on any atom is -0.289 e. The monoisotopic (exact) mass is 403 g/mol. The zero-order valence-electron chi connectivity index (χ0n) is 18.8. The number of nitrogens with one attached hydrogen (secondary N) is 1. The van der Waals surface area contributed by atoms with Crippen molar-refractivity contribution in [1.29, 1.82) is 0 Å². The lowest BCUT2D eigenvalue weighted by atomic mass is 9.72. The standard InChI is InChI=1S/C27H33NO2/c1-20(16-17-24-22(3)13-10-18-27(24,4)5)11-9-12-21(2)19-25(29)28-26(30)23-14-7-6-8-15-23/h6-9,11-12,14-17,19H,10,13,18H2,1-5H3,(H,28,29,30)/b12-9+,17-16+,20-11+,21-19+. The predicted octanol–water partition coefficient (Wildman–Crippen LogP) is 6.47. The molecule has 1 aliphatic carbocycles. The molecule has 1 aromatic rings. The topological polar surface area (TPSA) is 46.2 Å². The Morgan fingerprint density at radius 3 is 2.40 bits per heavy atom. The van der Waals surface area contributed by atoms with Gasteiger partial charge in [-0.05, 0) is 68.7 Å². The van der Waals surface area contributed by atoms with Crippen LogP contribution in [0.5, 0.6) is 0 Å². The number of hydrogen-bond donors (Lipinski definition) is 1. The summed E-state index contributed by atoms with van der Waals surface area (Å²) < 4.78 is 0. The summed E-state index contributed by atoms with van der Waals surface area (Å²) in [7, 11) is 0. The molecule has 1 N–H and O–H groups in total. The Bertz CT molecular complexity index is 925. The molecule has 0 radical (unpaired) electrons. The first-order valence-corrected chi connectivity index (χ1v) is 10.5. The molecule has 1 aromatic carbocycles. The SMILES string of the molecule is CC1=C(/C=C/C(C)=C/C=C/C(C)=C/C(=O)NC(=O)c2ccccc2)C(C)(C)CCC1. The first-order valence-electron chi connectivity index (χ1n) is 10.5. The van der Waals surface area contributed by atoms with Crippen LogP contribution in [-0.4, -0.2) is 11.8 Å². The van der Waals surface area contributed by atoms with Crippen molar-refractivity contribution in [1.82, 2.24) is 5.32 Å². The van der Waals surface area contributed by atoms with Gasteiger partial charge in [-0.2, -0.15) is 0 Å². The van der Waals surface area contributed by atoms with Gasteiger partial charge in [0.2, 0.25) is 0 Å². The number of rotatable bonds is 6. The van der Waals surface area contributed by atoms with Gasteiger partial charge in [-0.15, -0.1) is 0 Å². The van der Waals surface area contributed by atoms with E-state index in [2.05, 4.69) is 45.2 Å². The molecule has 0 saturated carbocycles. The maximum absolute atomic E-state index is 12.0. The Labute approximate surface area is 181 Å². The van der Waals surface area contributed by atoms with E-state index in [1.165, 1.54) is 36.5 Å². The highest BCUT2D eigenvalue weighted by Gasteiger charge is 2.26. The van der Waals surface area contributed by atoms with E-state index in [1.54, 1.807) is 24.3 Å². The number of imide groups is 1. The van der Waals surface area contributed by atoms with Crippen LogP contribution in [0, 0.1) is 5.41 Å². The largest absolute Gasteiger partial charge is 0.289 e. The van der Waals surface area contributed by atoms with E-state index >= 15 is 0 Å². The van der Waals surface area contributed by atoms with Gasteiger partial charge in [0.25, 0.3) is 11.8 Å². The normalized spacial score (nSPS) is 17.6. The molecule has 0 aliphatic heterocycles. The molecule has 2 amide bonds. The molecule has 3 nitrogen and oxygen atoms in total. The zero-order chi connectivity index (χ0) is 22.1. The third-order valence-electron chi connectivity index (χ3n) is 5.41. The lowest BCUT2D eigenvalue weighted by molar-refractivity contribution is -0.115. The van der Waals surface area contributed by atoms with Crippen molar-refractivity contribution in [3.63, 3.8) is 0 Å². The van der Waals surface area contributed by atoms with Crippen LogP contribution in [0.4, 0.5) is 0 Å². The van der Waals surface area contributed by atoms with E-state index in [1.807, 2.05) is 31.2 Å². The highest BCUT2D eigenvalue weighted by molar-refractivity contribution is 6.08. The average molecular weight is 404 g/mol. The maximum atomic E-state index is 12.0. The molecule has 30 heavy (non-hydrogen) atoms. The summed E-state index contributed by atoms with van der Waals surface area (Å²) in [5, 5.41) is 2.37. The van der Waals surface area contributed by atoms with E-state index in [0.29, 0.717) is 5.56 Å². The molecular weight excluding hydrogens is 370 g/mol. The van der Waals surface area contributed by atoms with E-state index in [9.17, 15) is 9.59 Å². The Kier molecular flexibility index (Phi) is 8.35. The Morgan fingerprint density at radius 2 is 1.73 bits per heavy atom. The summed E-state index contributed by atoms with van der Waals surface area (Å²) in [6, 6.07) is 8.70. The van der Waals surface area contributed by atoms with Crippen LogP contribution in [0.2, 0.25) is 0 Å². The lowest BCUT2D eigenvalue weighted by Crippen LogP contribution is -2.28. The molecule has 1 aliphatic rings. The third-order valence-corrected chi connectivity index (χ3v) is 5.41. The minimum absolute atomic E-state index is 0.235. The molecular formula is C27H33NO2. The molecule has 0 saturated heterocycles. The van der Waals surface area contributed by atoms with Gasteiger partial charge in [0.15, 0.2) is 0 Å². The first-order chi connectivity index (χ1) is 14.2. The van der Waals surface area contributed by atoms with Crippen molar-refractivity contribution in [3.8, 4) is 0 Å². The Morgan fingerprint density at radius 1 is 1.03 bits per heavy atom. The van der Waals surface area contributed by atoms with Crippen molar-refractivity contribution >= 4 is 11.8 Å². The Balaban J connectivity index is 1.95. The molecule has 0 aromatic heterocycles. The quantitative estimate of drug-likeness (QED) is 0.437. The van der Waals surface area contributed by atoms with Gasteiger partial charge in [0.1, 0.15) is 0 Å². The fraction of sp³-hybridized carbons (Fsp3) is 0.333. The van der Waals surface area contributed by atoms with Gasteiger partial charge >= 0.3 is 0 Å². The minimum atomic E-state index is -0.423. The van der Waals surface area contributed by atoms with Crippen molar-refractivity contribution in [2.45, 2.75) is 53.9 Å². The predicted molar refractivity (Wildman–Crippen MR) is 125 cm³/mol. The zero-order valence-corrected chi connectivity index (χ0v) is 18.8. The summed E-state index contributed by atoms with van der Waals surface area (Å²) in [6.45, 7) is 10.8. The number of amides is 2. The van der Waals surface area contributed by atoms with Crippen LogP contribution >= 0.6 is 0 Å². The average Bonchev–Trinajstić information content (AvgIpc) is 2.67. The van der Waals surface area contributed by atoms with Crippen LogP contribution in [-0.2, 0) is 4.79 Å². The third kappa shape index (κ3) is 7.14. The molecule has 0 unspecified atom stereocenters. The van der Waals surface area contributed by atoms with Gasteiger partial charge in [-0.25, -0.2) is 0 Å². The van der Waals surface area contributed by atoms with Crippen molar-refractivity contribution in [3.05, 3.63) is 94.6 Å². The summed E-state index contributed by atoms with van der Waals surface area (Å²) in [4.78, 5) is 24.0. The van der Waals surface area contributed by atoms with E-state index in [0.717, 1.165) is 11.1 Å². The molecule has 0 bridgehead atoms. The number of carbonyl (C=O) groups excluding carboxylic acids is 2. The number of carbonyl (C=O) groups is 2. The summed E-state index contributed by atoms with van der Waals surface area (Å²) in [6.07, 6.45) is 15.3. The van der Waals surface area contributed by atoms with Gasteiger partial charge in [-0.3, -0.25) is 14.9 Å². The second-order valence-corrected chi connectivity index (χ2v) is 8.61. The van der Waals surface area contributed by atoms with Crippen molar-refractivity contribution in [2.75, 3.05) is 0 Å². The summed E-state index contributed by atoms with van der Waals surface area (Å²) >= 11 is 0. The van der Waals surface area contributed by atoms with Gasteiger partial charge < -0.3 is 0 Å². The molecule has 3 heteroatoms. The van der Waals surface area contributed by atoms with Gasteiger partial charge in [0.05, 0.1) is 0 Å². The number of hydrogen-bond acceptors (Lipinski definition) is 2. The number of benzene rings is 1. The maximum Gasteiger partial charge on any atom is 0.258 e. The van der Waals surface area contributed by atoms with E-state index < -0.39 is 11.8 Å². The van der Waals surface area contributed by atoms with Crippen LogP contribution in [0.3, 0.4) is 0 Å². The molecule has 2 rings (SSSR count). The molecule has 0 fully saturated rings. The first kappa shape index (κ1) is 23.3. The van der Waals surface area contributed by atoms with E-state index in [4.69, 9.17) is 0 Å². The number of allylic oxidation sites excluding steroid dienone is 9. The second-order valence-electron chi connectivity index (χ2n) is 8.61. The highest BCUT2D eigenvalue weighted by atomic mass is 16.2. The van der Waals surface area contributed by atoms with Crippen LogP contribution < -0.4 is 5.32 Å². The molecule has 158 valence electrons. The lowest BCUT2D eigenvalue weighted by Gasteiger charge is -2.32. The van der Waals surface area contributed by atoms with Crippen molar-refractivity contribution in [2.24, 2.45) is 5.41 Å². The molecule has 0 atom stereocenters. The smallest absolute Gasteiger partial charge is 0.258 e. The summed E-state index contributed by atoms with van der Waals surface area (Å²) in [5.74, 6) is -0.821. The molecule has 0 heterocycles. The summed E-state index contributed by atoms with van der Waals surface area (Å²) in [5.41, 5.74) is 5.54. The second kappa shape index (κ2) is 10.7. The van der Waals surface area contributed by atoms with E-state index in [-0.39, 0.29) is 5.41 Å². The van der Waals surface area contributed by atoms with Crippen molar-refractivity contribution < 1.29 is 9.59 Å². The van der Waals surface area contributed by atoms with Crippen LogP contribution in [0.25, 0.3) is 0 Å². The van der Waals surface area contributed by atoms with Crippen LogP contribution in [0.15, 0.2) is 89.1 Å². The van der Waals surface area contributed by atoms with Crippen LogP contribution in [0.1, 0.15) is 64.2 Å². The Hall–Kier alpha value is -2.94.